The molecule has 0 aliphatic heterocycles. The van der Waals surface area contributed by atoms with Crippen molar-refractivity contribution in [3.05, 3.63) is 10.6 Å². The molecule has 0 aromatic heterocycles. The van der Waals surface area contributed by atoms with Crippen molar-refractivity contribution >= 4 is 17.4 Å². The molecule has 0 radical (unpaired) electrons. The van der Waals surface area contributed by atoms with Crippen molar-refractivity contribution in [2.24, 2.45) is 0 Å². The summed E-state index contributed by atoms with van der Waals surface area (Å²) in [5.74, 6) is 0.259. The van der Waals surface area contributed by atoms with E-state index < -0.39 is 0 Å². The zero-order valence-corrected chi connectivity index (χ0v) is 7.58. The lowest BCUT2D eigenvalue weighted by atomic mass is 10.1. The van der Waals surface area contributed by atoms with Gasteiger partial charge in [0.2, 0.25) is 0 Å². The normalized spacial score (nSPS) is 17.6. The summed E-state index contributed by atoms with van der Waals surface area (Å²) in [6, 6.07) is 0. The van der Waals surface area contributed by atoms with Crippen LogP contribution in [0.5, 0.6) is 0 Å². The Hall–Kier alpha value is -0.300. The number of Topliss-reactive ketones (excluding diaryl/α,β-unsaturated/α-hetero) is 1. The van der Waals surface area contributed by atoms with E-state index in [1.807, 2.05) is 6.92 Å². The summed E-state index contributed by atoms with van der Waals surface area (Å²) in [5.41, 5.74) is 0.897. The Bertz CT molecular complexity index is 194. The van der Waals surface area contributed by atoms with Gasteiger partial charge in [0.25, 0.3) is 0 Å². The predicted octanol–water partition coefficient (Wildman–Crippen LogP) is 3.03. The molecule has 0 aromatic carbocycles. The number of allylic oxidation sites excluding steroid dienone is 2. The highest BCUT2D eigenvalue weighted by Crippen LogP contribution is 2.30. The Balaban J connectivity index is 2.59. The monoisotopic (exact) mass is 172 g/mol. The minimum Gasteiger partial charge on any atom is -0.295 e. The lowest BCUT2D eigenvalue weighted by Crippen LogP contribution is -1.99. The van der Waals surface area contributed by atoms with Crippen molar-refractivity contribution in [1.82, 2.24) is 0 Å². The second-order valence-electron chi connectivity index (χ2n) is 2.91. The third-order valence-electron chi connectivity index (χ3n) is 1.96. The van der Waals surface area contributed by atoms with Gasteiger partial charge in [-0.3, -0.25) is 4.79 Å². The van der Waals surface area contributed by atoms with Gasteiger partial charge in [-0.05, 0) is 25.7 Å². The van der Waals surface area contributed by atoms with E-state index in [0.717, 1.165) is 36.3 Å². The summed E-state index contributed by atoms with van der Waals surface area (Å²) in [5, 5.41) is 0.809. The standard InChI is InChI=1S/C9H13ClO/c1-2-4-9(11)7-5-3-6-8(7)10/h2-6H2,1H3. The molecule has 0 aromatic rings. The maximum atomic E-state index is 11.3. The fraction of sp³-hybridized carbons (Fsp3) is 0.667. The maximum absolute atomic E-state index is 11.3. The highest BCUT2D eigenvalue weighted by Gasteiger charge is 2.17. The molecule has 2 heteroatoms. The number of halogens is 1. The van der Waals surface area contributed by atoms with Gasteiger partial charge in [0.05, 0.1) is 0 Å². The molecule has 11 heavy (non-hydrogen) atoms. The highest BCUT2D eigenvalue weighted by atomic mass is 35.5. The molecule has 1 nitrogen and oxygen atoms in total. The Morgan fingerprint density at radius 3 is 2.73 bits per heavy atom. The van der Waals surface area contributed by atoms with E-state index in [-0.39, 0.29) is 5.78 Å². The number of rotatable bonds is 3. The van der Waals surface area contributed by atoms with Crippen LogP contribution in [0.1, 0.15) is 39.0 Å². The summed E-state index contributed by atoms with van der Waals surface area (Å²) < 4.78 is 0. The molecule has 1 aliphatic rings. The molecular formula is C9H13ClO. The molecule has 0 atom stereocenters. The third kappa shape index (κ3) is 2.06. The largest absolute Gasteiger partial charge is 0.295 e. The third-order valence-corrected chi connectivity index (χ3v) is 2.38. The van der Waals surface area contributed by atoms with Crippen LogP contribution < -0.4 is 0 Å². The molecule has 0 saturated heterocycles. The van der Waals surface area contributed by atoms with Crippen molar-refractivity contribution in [1.29, 1.82) is 0 Å². The van der Waals surface area contributed by atoms with Crippen molar-refractivity contribution in [3.8, 4) is 0 Å². The Labute approximate surface area is 72.4 Å². The molecule has 0 heterocycles. The van der Waals surface area contributed by atoms with Gasteiger partial charge in [-0.1, -0.05) is 18.5 Å². The zero-order valence-electron chi connectivity index (χ0n) is 6.82. The minimum atomic E-state index is 0.259. The Morgan fingerprint density at radius 2 is 2.27 bits per heavy atom. The topological polar surface area (TPSA) is 17.1 Å². The summed E-state index contributed by atoms with van der Waals surface area (Å²) in [6.07, 6.45) is 4.45. The van der Waals surface area contributed by atoms with E-state index in [2.05, 4.69) is 0 Å². The maximum Gasteiger partial charge on any atom is 0.160 e. The van der Waals surface area contributed by atoms with Crippen molar-refractivity contribution in [3.63, 3.8) is 0 Å². The lowest BCUT2D eigenvalue weighted by Gasteiger charge is -1.98. The van der Waals surface area contributed by atoms with Gasteiger partial charge < -0.3 is 0 Å². The van der Waals surface area contributed by atoms with Crippen LogP contribution in [0, 0.1) is 0 Å². The fourth-order valence-corrected chi connectivity index (χ4v) is 1.71. The molecule has 0 unspecified atom stereocenters. The van der Waals surface area contributed by atoms with Crippen molar-refractivity contribution < 1.29 is 4.79 Å². The molecule has 0 amide bonds. The number of carbonyl (C=O) groups excluding carboxylic acids is 1. The van der Waals surface area contributed by atoms with Gasteiger partial charge in [0, 0.05) is 17.0 Å². The van der Waals surface area contributed by atoms with Crippen LogP contribution in [0.2, 0.25) is 0 Å². The second kappa shape index (κ2) is 3.91. The fourth-order valence-electron chi connectivity index (χ4n) is 1.38. The zero-order chi connectivity index (χ0) is 8.27. The average Bonchev–Trinajstić information content (AvgIpc) is 2.36. The van der Waals surface area contributed by atoms with Gasteiger partial charge in [-0.25, -0.2) is 0 Å². The smallest absolute Gasteiger partial charge is 0.160 e. The first-order valence-electron chi connectivity index (χ1n) is 4.16. The van der Waals surface area contributed by atoms with Crippen LogP contribution in [-0.4, -0.2) is 5.78 Å². The molecule has 1 aliphatic carbocycles. The molecule has 0 bridgehead atoms. The van der Waals surface area contributed by atoms with Crippen molar-refractivity contribution in [2.45, 2.75) is 39.0 Å². The SMILES string of the molecule is CCCC(=O)C1=C(Cl)CCC1. The summed E-state index contributed by atoms with van der Waals surface area (Å²) in [4.78, 5) is 11.3. The molecule has 0 N–H and O–H groups in total. The predicted molar refractivity (Wildman–Crippen MR) is 46.6 cm³/mol. The molecule has 0 spiro atoms. The Kier molecular flexibility index (Phi) is 3.13. The van der Waals surface area contributed by atoms with Crippen LogP contribution in [0.4, 0.5) is 0 Å². The molecule has 62 valence electrons. The quantitative estimate of drug-likeness (QED) is 0.640. The molecule has 0 saturated carbocycles. The van der Waals surface area contributed by atoms with Crippen LogP contribution in [-0.2, 0) is 4.79 Å². The van der Waals surface area contributed by atoms with Crippen LogP contribution >= 0.6 is 11.6 Å². The number of hydrogen-bond acceptors (Lipinski definition) is 1. The average molecular weight is 173 g/mol. The molecule has 1 rings (SSSR count). The van der Waals surface area contributed by atoms with E-state index in [9.17, 15) is 4.79 Å². The second-order valence-corrected chi connectivity index (χ2v) is 3.37. The van der Waals surface area contributed by atoms with Gasteiger partial charge in [-0.15, -0.1) is 0 Å². The molecule has 0 fully saturated rings. The van der Waals surface area contributed by atoms with Gasteiger partial charge >= 0.3 is 0 Å². The lowest BCUT2D eigenvalue weighted by molar-refractivity contribution is -0.115. The number of hydrogen-bond donors (Lipinski definition) is 0. The molecular weight excluding hydrogens is 160 g/mol. The summed E-state index contributed by atoms with van der Waals surface area (Å²) >= 11 is 5.87. The Morgan fingerprint density at radius 1 is 1.55 bits per heavy atom. The van der Waals surface area contributed by atoms with E-state index in [1.165, 1.54) is 0 Å². The summed E-state index contributed by atoms with van der Waals surface area (Å²) in [7, 11) is 0. The van der Waals surface area contributed by atoms with E-state index >= 15 is 0 Å². The number of ketones is 1. The summed E-state index contributed by atoms with van der Waals surface area (Å²) in [6.45, 7) is 2.02. The van der Waals surface area contributed by atoms with E-state index in [1.54, 1.807) is 0 Å². The van der Waals surface area contributed by atoms with Gasteiger partial charge in [0.1, 0.15) is 0 Å². The van der Waals surface area contributed by atoms with Crippen LogP contribution in [0.3, 0.4) is 0 Å². The van der Waals surface area contributed by atoms with E-state index in [4.69, 9.17) is 11.6 Å². The van der Waals surface area contributed by atoms with Crippen LogP contribution in [0.15, 0.2) is 10.6 Å². The van der Waals surface area contributed by atoms with Crippen molar-refractivity contribution in [2.75, 3.05) is 0 Å². The van der Waals surface area contributed by atoms with E-state index in [0.29, 0.717) is 6.42 Å². The minimum absolute atomic E-state index is 0.259. The first kappa shape index (κ1) is 8.79. The first-order chi connectivity index (χ1) is 5.25. The first-order valence-corrected chi connectivity index (χ1v) is 4.54. The highest BCUT2D eigenvalue weighted by molar-refractivity contribution is 6.32. The van der Waals surface area contributed by atoms with Crippen LogP contribution in [0.25, 0.3) is 0 Å². The number of carbonyl (C=O) groups is 1. The van der Waals surface area contributed by atoms with Gasteiger partial charge in [0.15, 0.2) is 5.78 Å². The van der Waals surface area contributed by atoms with Gasteiger partial charge in [-0.2, -0.15) is 0 Å².